The van der Waals surface area contributed by atoms with Gasteiger partial charge in [0, 0.05) is 18.2 Å². The van der Waals surface area contributed by atoms with Gasteiger partial charge in [0.15, 0.2) is 0 Å². The first kappa shape index (κ1) is 25.2. The van der Waals surface area contributed by atoms with Crippen molar-refractivity contribution in [3.63, 3.8) is 0 Å². The highest BCUT2D eigenvalue weighted by Gasteiger charge is 2.16. The van der Waals surface area contributed by atoms with Crippen LogP contribution in [0.15, 0.2) is 72.8 Å². The first-order chi connectivity index (χ1) is 17.9. The van der Waals surface area contributed by atoms with Gasteiger partial charge in [-0.1, -0.05) is 36.4 Å². The molecule has 4 rings (SSSR count). The molecular formula is C29H27N5O3. The molecule has 37 heavy (non-hydrogen) atoms. The fourth-order valence-corrected chi connectivity index (χ4v) is 3.94. The van der Waals surface area contributed by atoms with Crippen LogP contribution in [0.3, 0.4) is 0 Å². The van der Waals surface area contributed by atoms with Gasteiger partial charge in [0.25, 0.3) is 11.8 Å². The van der Waals surface area contributed by atoms with E-state index in [2.05, 4.69) is 21.8 Å². The van der Waals surface area contributed by atoms with Crippen LogP contribution in [-0.4, -0.2) is 28.6 Å². The van der Waals surface area contributed by atoms with Crippen molar-refractivity contribution in [1.82, 2.24) is 15.1 Å². The van der Waals surface area contributed by atoms with Crippen LogP contribution in [0.2, 0.25) is 0 Å². The van der Waals surface area contributed by atoms with Crippen LogP contribution in [0.4, 0.5) is 5.69 Å². The molecule has 0 fully saturated rings. The Labute approximate surface area is 215 Å². The summed E-state index contributed by atoms with van der Waals surface area (Å²) >= 11 is 0. The molecule has 2 N–H and O–H groups in total. The van der Waals surface area contributed by atoms with Gasteiger partial charge >= 0.3 is 0 Å². The van der Waals surface area contributed by atoms with E-state index in [0.29, 0.717) is 40.4 Å². The van der Waals surface area contributed by atoms with Gasteiger partial charge in [-0.05, 0) is 61.4 Å². The van der Waals surface area contributed by atoms with E-state index in [-0.39, 0.29) is 18.4 Å². The molecule has 0 saturated heterocycles. The second-order valence-electron chi connectivity index (χ2n) is 8.53. The molecule has 3 aromatic carbocycles. The normalized spacial score (nSPS) is 10.4. The van der Waals surface area contributed by atoms with Crippen LogP contribution in [-0.2, 0) is 13.2 Å². The van der Waals surface area contributed by atoms with Crippen molar-refractivity contribution >= 4 is 17.5 Å². The maximum absolute atomic E-state index is 13.0. The van der Waals surface area contributed by atoms with Crippen LogP contribution >= 0.6 is 0 Å². The molecule has 0 bridgehead atoms. The number of benzene rings is 3. The Balaban J connectivity index is 1.42. The lowest BCUT2D eigenvalue weighted by Crippen LogP contribution is -2.18. The third kappa shape index (κ3) is 5.85. The SMILES string of the molecule is CNC(=O)c1cccc(Cn2nc(C)c(NC(=O)c3ccc(COc4ccccc4C#N)cc3)c2C)c1. The van der Waals surface area contributed by atoms with Crippen molar-refractivity contribution in [2.45, 2.75) is 27.0 Å². The highest BCUT2D eigenvalue weighted by atomic mass is 16.5. The van der Waals surface area contributed by atoms with Crippen molar-refractivity contribution in [3.05, 3.63) is 112 Å². The molecular weight excluding hydrogens is 466 g/mol. The third-order valence-electron chi connectivity index (χ3n) is 5.99. The number of nitriles is 1. The molecule has 0 aliphatic heterocycles. The topological polar surface area (TPSA) is 109 Å². The molecule has 0 aliphatic carbocycles. The number of aromatic nitrogens is 2. The number of hydrogen-bond donors (Lipinski definition) is 2. The summed E-state index contributed by atoms with van der Waals surface area (Å²) in [5.41, 5.74) is 5.55. The highest BCUT2D eigenvalue weighted by molar-refractivity contribution is 6.04. The van der Waals surface area contributed by atoms with Gasteiger partial charge in [-0.15, -0.1) is 0 Å². The van der Waals surface area contributed by atoms with Crippen LogP contribution < -0.4 is 15.4 Å². The lowest BCUT2D eigenvalue weighted by molar-refractivity contribution is 0.0962. The minimum atomic E-state index is -0.241. The number of ether oxygens (including phenoxy) is 1. The van der Waals surface area contributed by atoms with E-state index in [9.17, 15) is 14.9 Å². The average molecular weight is 494 g/mol. The lowest BCUT2D eigenvalue weighted by Gasteiger charge is -2.10. The van der Waals surface area contributed by atoms with Gasteiger partial charge in [-0.25, -0.2) is 0 Å². The fraction of sp³-hybridized carbons (Fsp3) is 0.172. The van der Waals surface area contributed by atoms with Crippen molar-refractivity contribution in [3.8, 4) is 11.8 Å². The van der Waals surface area contributed by atoms with E-state index < -0.39 is 0 Å². The predicted octanol–water partition coefficient (Wildman–Crippen LogP) is 4.61. The third-order valence-corrected chi connectivity index (χ3v) is 5.99. The number of amides is 2. The number of carbonyl (C=O) groups excluding carboxylic acids is 2. The summed E-state index contributed by atoms with van der Waals surface area (Å²) in [5.74, 6) is 0.137. The van der Waals surface area contributed by atoms with E-state index in [0.717, 1.165) is 16.8 Å². The molecule has 0 unspecified atom stereocenters. The minimum absolute atomic E-state index is 0.146. The second-order valence-corrected chi connectivity index (χ2v) is 8.53. The van der Waals surface area contributed by atoms with Gasteiger partial charge in [0.2, 0.25) is 0 Å². The zero-order chi connectivity index (χ0) is 26.4. The largest absolute Gasteiger partial charge is 0.488 e. The molecule has 186 valence electrons. The van der Waals surface area contributed by atoms with Crippen molar-refractivity contribution in [2.75, 3.05) is 12.4 Å². The smallest absolute Gasteiger partial charge is 0.255 e. The van der Waals surface area contributed by atoms with Gasteiger partial charge in [0.05, 0.1) is 29.2 Å². The first-order valence-electron chi connectivity index (χ1n) is 11.8. The van der Waals surface area contributed by atoms with Crippen LogP contribution in [0, 0.1) is 25.2 Å². The molecule has 1 aromatic heterocycles. The Morgan fingerprint density at radius 1 is 0.946 bits per heavy atom. The lowest BCUT2D eigenvalue weighted by atomic mass is 10.1. The van der Waals surface area contributed by atoms with Crippen LogP contribution in [0.1, 0.15) is 48.8 Å². The van der Waals surface area contributed by atoms with Gasteiger partial charge < -0.3 is 15.4 Å². The Kier molecular flexibility index (Phi) is 7.65. The van der Waals surface area contributed by atoms with E-state index in [1.807, 2.05) is 54.9 Å². The molecule has 8 heteroatoms. The number of para-hydroxylation sites is 1. The van der Waals surface area contributed by atoms with E-state index in [1.165, 1.54) is 0 Å². The van der Waals surface area contributed by atoms with E-state index in [1.54, 1.807) is 43.4 Å². The Hall–Kier alpha value is -4.90. The highest BCUT2D eigenvalue weighted by Crippen LogP contribution is 2.22. The molecule has 0 atom stereocenters. The van der Waals surface area contributed by atoms with Crippen molar-refractivity contribution < 1.29 is 14.3 Å². The quantitative estimate of drug-likeness (QED) is 0.373. The summed E-state index contributed by atoms with van der Waals surface area (Å²) < 4.78 is 7.58. The summed E-state index contributed by atoms with van der Waals surface area (Å²) in [4.78, 5) is 24.9. The average Bonchev–Trinajstić information content (AvgIpc) is 3.19. The molecule has 4 aromatic rings. The number of hydrogen-bond acceptors (Lipinski definition) is 5. The van der Waals surface area contributed by atoms with Gasteiger partial charge in [-0.2, -0.15) is 10.4 Å². The van der Waals surface area contributed by atoms with Crippen molar-refractivity contribution in [1.29, 1.82) is 5.26 Å². The summed E-state index contributed by atoms with van der Waals surface area (Å²) in [5, 5.41) is 19.4. The number of aryl methyl sites for hydroxylation is 1. The molecule has 0 aliphatic rings. The molecule has 2 amide bonds. The van der Waals surface area contributed by atoms with E-state index >= 15 is 0 Å². The van der Waals surface area contributed by atoms with Crippen LogP contribution in [0.5, 0.6) is 5.75 Å². The summed E-state index contributed by atoms with van der Waals surface area (Å²) in [6.45, 7) is 4.50. The standard InChI is InChI=1S/C29H27N5O3/c1-19-27(20(2)34(33-19)17-22-7-6-9-24(15-22)28(35)31-3)32-29(36)23-13-11-21(12-14-23)18-37-26-10-5-4-8-25(26)16-30/h4-15H,17-18H2,1-3H3,(H,31,35)(H,32,36). The fourth-order valence-electron chi connectivity index (χ4n) is 3.94. The number of anilines is 1. The Morgan fingerprint density at radius 3 is 2.43 bits per heavy atom. The molecule has 0 saturated carbocycles. The maximum Gasteiger partial charge on any atom is 0.255 e. The van der Waals surface area contributed by atoms with E-state index in [4.69, 9.17) is 4.74 Å². The predicted molar refractivity (Wildman–Crippen MR) is 141 cm³/mol. The molecule has 0 radical (unpaired) electrons. The van der Waals surface area contributed by atoms with Crippen LogP contribution in [0.25, 0.3) is 0 Å². The van der Waals surface area contributed by atoms with Gasteiger partial charge in [0.1, 0.15) is 18.4 Å². The second kappa shape index (κ2) is 11.2. The Bertz CT molecular complexity index is 1480. The molecule has 8 nitrogen and oxygen atoms in total. The molecule has 1 heterocycles. The Morgan fingerprint density at radius 2 is 1.70 bits per heavy atom. The maximum atomic E-state index is 13.0. The number of rotatable bonds is 8. The summed E-state index contributed by atoms with van der Waals surface area (Å²) in [7, 11) is 1.60. The zero-order valence-corrected chi connectivity index (χ0v) is 20.9. The first-order valence-corrected chi connectivity index (χ1v) is 11.8. The monoisotopic (exact) mass is 493 g/mol. The zero-order valence-electron chi connectivity index (χ0n) is 20.9. The minimum Gasteiger partial charge on any atom is -0.488 e. The summed E-state index contributed by atoms with van der Waals surface area (Å²) in [6.07, 6.45) is 0. The molecule has 0 spiro atoms. The van der Waals surface area contributed by atoms with Gasteiger partial charge in [-0.3, -0.25) is 14.3 Å². The number of carbonyl (C=O) groups is 2. The summed E-state index contributed by atoms with van der Waals surface area (Å²) in [6, 6.07) is 23.7. The number of nitrogens with zero attached hydrogens (tertiary/aromatic N) is 3. The number of nitrogens with one attached hydrogen (secondary N) is 2. The van der Waals surface area contributed by atoms with Crippen molar-refractivity contribution in [2.24, 2.45) is 0 Å².